The topological polar surface area (TPSA) is 116 Å². The molecule has 30 heavy (non-hydrogen) atoms. The summed E-state index contributed by atoms with van der Waals surface area (Å²) in [7, 11) is 1.74. The molecule has 0 spiro atoms. The number of aromatic nitrogens is 2. The number of nitrogens with zero attached hydrogens (tertiary/aromatic N) is 3. The van der Waals surface area contributed by atoms with E-state index < -0.39 is 11.7 Å². The number of nitrogens with two attached hydrogens (primary N) is 1. The number of aliphatic hydroxyl groups excluding tert-OH is 1. The van der Waals surface area contributed by atoms with Crippen LogP contribution in [0.3, 0.4) is 0 Å². The van der Waals surface area contributed by atoms with Crippen molar-refractivity contribution in [1.82, 2.24) is 14.9 Å². The first-order valence-corrected chi connectivity index (χ1v) is 9.02. The summed E-state index contributed by atoms with van der Waals surface area (Å²) in [5, 5.41) is 15.1. The lowest BCUT2D eigenvalue weighted by Gasteiger charge is -2.07. The highest BCUT2D eigenvalue weighted by Gasteiger charge is 2.15. The van der Waals surface area contributed by atoms with Crippen molar-refractivity contribution >= 4 is 23.1 Å². The normalized spacial score (nSPS) is 9.73. The number of fused-ring (bicyclic) bond motifs is 1. The smallest absolute Gasteiger partial charge is 0.268 e. The Bertz CT molecular complexity index is 1120. The average Bonchev–Trinajstić information content (AvgIpc) is 2.74. The maximum atomic E-state index is 14.1. The Morgan fingerprint density at radius 2 is 2.03 bits per heavy atom. The van der Waals surface area contributed by atoms with E-state index in [-0.39, 0.29) is 23.6 Å². The second-order valence-corrected chi connectivity index (χ2v) is 6.19. The van der Waals surface area contributed by atoms with Crippen molar-refractivity contribution < 1.29 is 14.3 Å². The summed E-state index contributed by atoms with van der Waals surface area (Å²) in [5.41, 5.74) is 6.86. The van der Waals surface area contributed by atoms with Crippen LogP contribution in [0.5, 0.6) is 0 Å². The van der Waals surface area contributed by atoms with Crippen LogP contribution in [0.1, 0.15) is 23.0 Å². The number of halogens is 1. The number of aliphatic hydroxyl groups is 1. The van der Waals surface area contributed by atoms with Crippen molar-refractivity contribution in [3.8, 4) is 23.2 Å². The Labute approximate surface area is 173 Å². The molecule has 0 aliphatic carbocycles. The lowest BCUT2D eigenvalue weighted by molar-refractivity contribution is 0.0997. The van der Waals surface area contributed by atoms with Gasteiger partial charge in [-0.3, -0.25) is 10.2 Å². The van der Waals surface area contributed by atoms with Crippen LogP contribution >= 0.6 is 0 Å². The molecule has 0 bridgehead atoms. The van der Waals surface area contributed by atoms with Gasteiger partial charge in [0.1, 0.15) is 17.0 Å². The molecule has 154 valence electrons. The summed E-state index contributed by atoms with van der Waals surface area (Å²) >= 11 is 0. The van der Waals surface area contributed by atoms with E-state index in [4.69, 9.17) is 16.2 Å². The van der Waals surface area contributed by atoms with Crippen molar-refractivity contribution in [2.75, 3.05) is 20.2 Å². The number of carbonyl (C=O) groups excluding carboxylic acids is 1. The van der Waals surface area contributed by atoms with Gasteiger partial charge in [-0.15, -0.1) is 5.92 Å². The minimum atomic E-state index is -0.728. The Morgan fingerprint density at radius 3 is 2.63 bits per heavy atom. The maximum Gasteiger partial charge on any atom is 0.268 e. The van der Waals surface area contributed by atoms with Crippen LogP contribution in [-0.2, 0) is 0 Å². The summed E-state index contributed by atoms with van der Waals surface area (Å²) < 4.78 is 14.1. The molecule has 4 N–H and O–H groups in total. The van der Waals surface area contributed by atoms with E-state index in [0.717, 1.165) is 5.56 Å². The fourth-order valence-corrected chi connectivity index (χ4v) is 2.54. The number of amides is 1. The lowest BCUT2D eigenvalue weighted by Crippen LogP contribution is -2.19. The standard InChI is InChI=1S/C18H12FN3O.C4H10N2O/c1-2-5-11-6-3-7-12(10-11)18-21-15-13(8-4-9-14(15)19)16(22-18)17(20)23;1-6(4-5)2-3-7/h3-4,6-10H,1H3,(H2,20,23);4-5,7H,2-3H2,1H3. The van der Waals surface area contributed by atoms with Gasteiger partial charge in [-0.2, -0.15) is 0 Å². The second kappa shape index (κ2) is 10.6. The quantitative estimate of drug-likeness (QED) is 0.341. The first-order chi connectivity index (χ1) is 14.4. The maximum absolute atomic E-state index is 14.1. The van der Waals surface area contributed by atoms with Crippen molar-refractivity contribution in [2.24, 2.45) is 5.73 Å². The third-order valence-electron chi connectivity index (χ3n) is 3.97. The molecular formula is C22H22FN5O2. The number of carbonyl (C=O) groups is 1. The second-order valence-electron chi connectivity index (χ2n) is 6.19. The molecular weight excluding hydrogens is 385 g/mol. The van der Waals surface area contributed by atoms with Crippen molar-refractivity contribution in [3.63, 3.8) is 0 Å². The Kier molecular flexibility index (Phi) is 7.97. The van der Waals surface area contributed by atoms with Gasteiger partial charge in [0.15, 0.2) is 5.82 Å². The van der Waals surface area contributed by atoms with E-state index in [1.807, 2.05) is 6.07 Å². The first kappa shape index (κ1) is 22.5. The number of benzene rings is 2. The van der Waals surface area contributed by atoms with Gasteiger partial charge in [0, 0.05) is 30.1 Å². The highest BCUT2D eigenvalue weighted by atomic mass is 19.1. The van der Waals surface area contributed by atoms with Crippen LogP contribution in [0.4, 0.5) is 4.39 Å². The van der Waals surface area contributed by atoms with Crippen molar-refractivity contribution in [2.45, 2.75) is 6.92 Å². The molecule has 1 heterocycles. The summed E-state index contributed by atoms with van der Waals surface area (Å²) in [6, 6.07) is 11.5. The number of hydrogen-bond acceptors (Lipinski definition) is 5. The fraction of sp³-hybridized carbons (Fsp3) is 0.182. The Morgan fingerprint density at radius 1 is 1.30 bits per heavy atom. The molecule has 1 aromatic heterocycles. The molecule has 2 aromatic carbocycles. The first-order valence-electron chi connectivity index (χ1n) is 9.02. The number of nitrogens with one attached hydrogen (secondary N) is 1. The zero-order valence-corrected chi connectivity index (χ0v) is 16.7. The van der Waals surface area contributed by atoms with Crippen molar-refractivity contribution in [1.29, 1.82) is 5.41 Å². The molecule has 8 heteroatoms. The predicted octanol–water partition coefficient (Wildman–Crippen LogP) is 2.42. The zero-order chi connectivity index (χ0) is 22.1. The van der Waals surface area contributed by atoms with Crippen LogP contribution in [0.2, 0.25) is 0 Å². The van der Waals surface area contributed by atoms with E-state index in [1.54, 1.807) is 43.1 Å². The van der Waals surface area contributed by atoms with Gasteiger partial charge in [-0.05, 0) is 25.1 Å². The van der Waals surface area contributed by atoms with E-state index in [9.17, 15) is 9.18 Å². The van der Waals surface area contributed by atoms with Crippen LogP contribution in [0, 0.1) is 23.1 Å². The van der Waals surface area contributed by atoms with Gasteiger partial charge in [0.25, 0.3) is 5.91 Å². The number of primary amides is 1. The summed E-state index contributed by atoms with van der Waals surface area (Å²) in [5.74, 6) is 4.71. The Balaban J connectivity index is 0.000000396. The van der Waals surface area contributed by atoms with E-state index in [2.05, 4.69) is 21.8 Å². The number of hydrogen-bond donors (Lipinski definition) is 3. The molecule has 7 nitrogen and oxygen atoms in total. The minimum Gasteiger partial charge on any atom is -0.395 e. The summed E-state index contributed by atoms with van der Waals surface area (Å²) in [4.78, 5) is 21.7. The molecule has 0 atom stereocenters. The van der Waals surface area contributed by atoms with Crippen LogP contribution in [-0.4, -0.2) is 52.4 Å². The molecule has 0 saturated carbocycles. The summed E-state index contributed by atoms with van der Waals surface area (Å²) in [6.07, 6.45) is 1.18. The van der Waals surface area contributed by atoms with Gasteiger partial charge in [-0.1, -0.05) is 30.2 Å². The molecule has 3 aromatic rings. The Hall–Kier alpha value is -3.83. The van der Waals surface area contributed by atoms with Gasteiger partial charge >= 0.3 is 0 Å². The molecule has 0 fully saturated rings. The predicted molar refractivity (Wildman–Crippen MR) is 115 cm³/mol. The van der Waals surface area contributed by atoms with Gasteiger partial charge in [0.05, 0.1) is 12.9 Å². The van der Waals surface area contributed by atoms with Crippen LogP contribution in [0.15, 0.2) is 42.5 Å². The van der Waals surface area contributed by atoms with E-state index in [0.29, 0.717) is 17.5 Å². The van der Waals surface area contributed by atoms with Crippen molar-refractivity contribution in [3.05, 3.63) is 59.5 Å². The van der Waals surface area contributed by atoms with Gasteiger partial charge in [-0.25, -0.2) is 14.4 Å². The number of rotatable bonds is 5. The van der Waals surface area contributed by atoms with Gasteiger partial charge < -0.3 is 15.7 Å². The molecule has 0 unspecified atom stereocenters. The highest BCUT2D eigenvalue weighted by molar-refractivity contribution is 6.04. The minimum absolute atomic E-state index is 0.00326. The average molecular weight is 407 g/mol. The lowest BCUT2D eigenvalue weighted by atomic mass is 10.1. The monoisotopic (exact) mass is 407 g/mol. The third kappa shape index (κ3) is 5.59. The van der Waals surface area contributed by atoms with Crippen LogP contribution < -0.4 is 5.73 Å². The van der Waals surface area contributed by atoms with Gasteiger partial charge in [0.2, 0.25) is 0 Å². The molecule has 0 aliphatic rings. The summed E-state index contributed by atoms with van der Waals surface area (Å²) in [6.45, 7) is 2.40. The zero-order valence-electron chi connectivity index (χ0n) is 16.7. The molecule has 3 rings (SSSR count). The number of para-hydroxylation sites is 1. The highest BCUT2D eigenvalue weighted by Crippen LogP contribution is 2.24. The molecule has 1 amide bonds. The van der Waals surface area contributed by atoms with E-state index >= 15 is 0 Å². The molecule has 0 aliphatic heterocycles. The SMILES string of the molecule is CC#Cc1cccc(-c2nc(C(N)=O)c3cccc(F)c3n2)c1.CN(C=N)CCO. The third-order valence-corrected chi connectivity index (χ3v) is 3.97. The largest absolute Gasteiger partial charge is 0.395 e. The molecule has 0 radical (unpaired) electrons. The van der Waals surface area contributed by atoms with Crippen LogP contribution in [0.25, 0.3) is 22.3 Å². The van der Waals surface area contributed by atoms with E-state index in [1.165, 1.54) is 18.5 Å². The number of likely N-dealkylation sites (N-methyl/N-ethyl adjacent to an activating group) is 1. The molecule has 0 saturated heterocycles. The fourth-order valence-electron chi connectivity index (χ4n) is 2.54.